The van der Waals surface area contributed by atoms with E-state index in [4.69, 9.17) is 5.73 Å². The normalized spacial score (nSPS) is 21.5. The van der Waals surface area contributed by atoms with Gasteiger partial charge in [0.05, 0.1) is 6.54 Å². The SMILES string of the molecule is Cc1ccc(NC(=O)CN(C)CC2CC2C)cc1N. The third kappa shape index (κ3) is 3.96. The van der Waals surface area contributed by atoms with Crippen molar-refractivity contribution in [3.05, 3.63) is 23.8 Å². The van der Waals surface area contributed by atoms with Crippen LogP contribution in [0.3, 0.4) is 0 Å². The number of amides is 1. The highest BCUT2D eigenvalue weighted by Gasteiger charge is 2.33. The van der Waals surface area contributed by atoms with Gasteiger partial charge in [-0.25, -0.2) is 0 Å². The largest absolute Gasteiger partial charge is 0.398 e. The van der Waals surface area contributed by atoms with E-state index in [-0.39, 0.29) is 5.91 Å². The molecular weight excluding hydrogens is 238 g/mol. The van der Waals surface area contributed by atoms with Crippen LogP contribution in [0, 0.1) is 18.8 Å². The first kappa shape index (κ1) is 13.9. The summed E-state index contributed by atoms with van der Waals surface area (Å²) in [5.41, 5.74) is 8.32. The van der Waals surface area contributed by atoms with Gasteiger partial charge in [0.25, 0.3) is 0 Å². The van der Waals surface area contributed by atoms with Gasteiger partial charge in [-0.15, -0.1) is 0 Å². The molecule has 2 atom stereocenters. The molecule has 4 heteroatoms. The van der Waals surface area contributed by atoms with Crippen molar-refractivity contribution in [1.29, 1.82) is 0 Å². The summed E-state index contributed by atoms with van der Waals surface area (Å²) in [6.45, 7) is 5.64. The maximum Gasteiger partial charge on any atom is 0.238 e. The van der Waals surface area contributed by atoms with Crippen LogP contribution in [0.4, 0.5) is 11.4 Å². The number of hydrogen-bond donors (Lipinski definition) is 2. The van der Waals surface area contributed by atoms with Crippen LogP contribution >= 0.6 is 0 Å². The summed E-state index contributed by atoms with van der Waals surface area (Å²) in [4.78, 5) is 14.0. The van der Waals surface area contributed by atoms with E-state index < -0.39 is 0 Å². The van der Waals surface area contributed by atoms with Crippen LogP contribution in [0.2, 0.25) is 0 Å². The quantitative estimate of drug-likeness (QED) is 0.798. The van der Waals surface area contributed by atoms with Crippen molar-refractivity contribution >= 4 is 17.3 Å². The lowest BCUT2D eigenvalue weighted by Gasteiger charge is -2.16. The van der Waals surface area contributed by atoms with Crippen molar-refractivity contribution < 1.29 is 4.79 Å². The number of likely N-dealkylation sites (N-methyl/N-ethyl adjacent to an activating group) is 1. The Morgan fingerprint density at radius 3 is 2.79 bits per heavy atom. The van der Waals surface area contributed by atoms with E-state index in [9.17, 15) is 4.79 Å². The zero-order valence-electron chi connectivity index (χ0n) is 11.9. The van der Waals surface area contributed by atoms with Gasteiger partial charge in [-0.1, -0.05) is 13.0 Å². The minimum Gasteiger partial charge on any atom is -0.398 e. The lowest BCUT2D eigenvalue weighted by Crippen LogP contribution is -2.31. The van der Waals surface area contributed by atoms with Crippen LogP contribution < -0.4 is 11.1 Å². The summed E-state index contributed by atoms with van der Waals surface area (Å²) in [7, 11) is 1.99. The van der Waals surface area contributed by atoms with Crippen LogP contribution in [-0.4, -0.2) is 30.9 Å². The number of nitrogens with zero attached hydrogens (tertiary/aromatic N) is 1. The predicted molar refractivity (Wildman–Crippen MR) is 79.0 cm³/mol. The molecule has 1 fully saturated rings. The summed E-state index contributed by atoms with van der Waals surface area (Å²) >= 11 is 0. The van der Waals surface area contributed by atoms with Gasteiger partial charge < -0.3 is 11.1 Å². The molecule has 0 saturated heterocycles. The average Bonchev–Trinajstić information content (AvgIpc) is 2.99. The van der Waals surface area contributed by atoms with Crippen LogP contribution in [0.5, 0.6) is 0 Å². The third-order valence-corrected chi connectivity index (χ3v) is 3.80. The van der Waals surface area contributed by atoms with Crippen LogP contribution in [0.15, 0.2) is 18.2 Å². The molecule has 2 rings (SSSR count). The average molecular weight is 261 g/mol. The van der Waals surface area contributed by atoms with Gasteiger partial charge >= 0.3 is 0 Å². The van der Waals surface area contributed by atoms with E-state index in [0.717, 1.165) is 29.6 Å². The Hall–Kier alpha value is -1.55. The number of benzene rings is 1. The highest BCUT2D eigenvalue weighted by molar-refractivity contribution is 5.92. The zero-order valence-corrected chi connectivity index (χ0v) is 11.9. The number of nitrogen functional groups attached to an aromatic ring is 1. The number of nitrogens with one attached hydrogen (secondary N) is 1. The number of rotatable bonds is 5. The standard InChI is InChI=1S/C15H23N3O/c1-10-4-5-13(7-14(10)16)17-15(19)9-18(3)8-12-6-11(12)2/h4-5,7,11-12H,6,8-9,16H2,1-3H3,(H,17,19). The van der Waals surface area contributed by atoms with Gasteiger partial charge in [0.2, 0.25) is 5.91 Å². The minimum atomic E-state index is 0.0130. The Labute approximate surface area is 115 Å². The Balaban J connectivity index is 1.81. The number of hydrogen-bond acceptors (Lipinski definition) is 3. The molecule has 4 nitrogen and oxygen atoms in total. The molecule has 1 saturated carbocycles. The fraction of sp³-hybridized carbons (Fsp3) is 0.533. The summed E-state index contributed by atoms with van der Waals surface area (Å²) in [6, 6.07) is 5.60. The molecule has 0 radical (unpaired) electrons. The van der Waals surface area contributed by atoms with Gasteiger partial charge in [-0.3, -0.25) is 9.69 Å². The number of nitrogens with two attached hydrogens (primary N) is 1. The molecule has 1 aliphatic carbocycles. The lowest BCUT2D eigenvalue weighted by molar-refractivity contribution is -0.117. The molecule has 1 aromatic carbocycles. The molecule has 0 heterocycles. The summed E-state index contributed by atoms with van der Waals surface area (Å²) in [5.74, 6) is 1.61. The van der Waals surface area contributed by atoms with Gasteiger partial charge in [0, 0.05) is 17.9 Å². The molecule has 0 aliphatic heterocycles. The van der Waals surface area contributed by atoms with Crippen molar-refractivity contribution in [2.75, 3.05) is 31.2 Å². The molecule has 3 N–H and O–H groups in total. The molecule has 1 aromatic rings. The first-order chi connectivity index (χ1) is 8.95. The summed E-state index contributed by atoms with van der Waals surface area (Å²) in [5, 5.41) is 2.89. The lowest BCUT2D eigenvalue weighted by atomic mass is 10.2. The second kappa shape index (κ2) is 5.61. The number of anilines is 2. The molecule has 0 aromatic heterocycles. The highest BCUT2D eigenvalue weighted by Crippen LogP contribution is 2.37. The fourth-order valence-corrected chi connectivity index (χ4v) is 2.28. The van der Waals surface area contributed by atoms with E-state index in [1.54, 1.807) is 6.07 Å². The Morgan fingerprint density at radius 2 is 2.21 bits per heavy atom. The molecule has 0 spiro atoms. The van der Waals surface area contributed by atoms with E-state index in [2.05, 4.69) is 17.1 Å². The van der Waals surface area contributed by atoms with Crippen molar-refractivity contribution in [2.45, 2.75) is 20.3 Å². The Kier molecular flexibility index (Phi) is 4.10. The smallest absolute Gasteiger partial charge is 0.238 e. The van der Waals surface area contributed by atoms with E-state index >= 15 is 0 Å². The molecule has 0 bridgehead atoms. The summed E-state index contributed by atoms with van der Waals surface area (Å²) in [6.07, 6.45) is 1.29. The van der Waals surface area contributed by atoms with E-state index in [0.29, 0.717) is 12.2 Å². The van der Waals surface area contributed by atoms with Crippen LogP contribution in [0.25, 0.3) is 0 Å². The molecule has 104 valence electrons. The second-order valence-electron chi connectivity index (χ2n) is 5.79. The Bertz CT molecular complexity index is 472. The van der Waals surface area contributed by atoms with Gasteiger partial charge in [0.15, 0.2) is 0 Å². The van der Waals surface area contributed by atoms with Crippen molar-refractivity contribution in [2.24, 2.45) is 11.8 Å². The first-order valence-corrected chi connectivity index (χ1v) is 6.80. The van der Waals surface area contributed by atoms with Gasteiger partial charge in [-0.05, 0) is 49.9 Å². The predicted octanol–water partition coefficient (Wildman–Crippen LogP) is 2.10. The van der Waals surface area contributed by atoms with Crippen LogP contribution in [0.1, 0.15) is 18.9 Å². The minimum absolute atomic E-state index is 0.0130. The summed E-state index contributed by atoms with van der Waals surface area (Å²) < 4.78 is 0. The third-order valence-electron chi connectivity index (χ3n) is 3.80. The van der Waals surface area contributed by atoms with E-state index in [1.807, 2.05) is 26.1 Å². The first-order valence-electron chi connectivity index (χ1n) is 6.80. The van der Waals surface area contributed by atoms with Crippen molar-refractivity contribution in [3.8, 4) is 0 Å². The highest BCUT2D eigenvalue weighted by atomic mass is 16.2. The monoisotopic (exact) mass is 261 g/mol. The molecule has 19 heavy (non-hydrogen) atoms. The molecular formula is C15H23N3O. The molecule has 1 aliphatic rings. The maximum atomic E-state index is 11.9. The number of aryl methyl sites for hydroxylation is 1. The van der Waals surface area contributed by atoms with Gasteiger partial charge in [-0.2, -0.15) is 0 Å². The second-order valence-corrected chi connectivity index (χ2v) is 5.79. The molecule has 1 amide bonds. The van der Waals surface area contributed by atoms with Crippen molar-refractivity contribution in [1.82, 2.24) is 4.90 Å². The fourth-order valence-electron chi connectivity index (χ4n) is 2.28. The number of carbonyl (C=O) groups is 1. The Morgan fingerprint density at radius 1 is 1.53 bits per heavy atom. The topological polar surface area (TPSA) is 58.4 Å². The van der Waals surface area contributed by atoms with Crippen molar-refractivity contribution in [3.63, 3.8) is 0 Å². The zero-order chi connectivity index (χ0) is 14.0. The van der Waals surface area contributed by atoms with Crippen LogP contribution in [-0.2, 0) is 4.79 Å². The maximum absolute atomic E-state index is 11.9. The van der Waals surface area contributed by atoms with E-state index in [1.165, 1.54) is 6.42 Å². The molecule has 2 unspecified atom stereocenters. The van der Waals surface area contributed by atoms with Gasteiger partial charge in [0.1, 0.15) is 0 Å². The number of carbonyl (C=O) groups excluding carboxylic acids is 1.